The number of aliphatic carboxylic acids is 1. The molecule has 1 unspecified atom stereocenters. The molecule has 20 heavy (non-hydrogen) atoms. The Morgan fingerprint density at radius 1 is 1.35 bits per heavy atom. The molecular formula is C16H26N2O2. The monoisotopic (exact) mass is 278 g/mol. The highest BCUT2D eigenvalue weighted by Crippen LogP contribution is 2.23. The van der Waals surface area contributed by atoms with Crippen LogP contribution in [0.4, 0.5) is 0 Å². The molecule has 0 heterocycles. The molecule has 0 radical (unpaired) electrons. The summed E-state index contributed by atoms with van der Waals surface area (Å²) in [5.74, 6) is -0.331. The number of hydrogen-bond acceptors (Lipinski definition) is 3. The van der Waals surface area contributed by atoms with Crippen LogP contribution in [-0.4, -0.2) is 42.7 Å². The summed E-state index contributed by atoms with van der Waals surface area (Å²) in [6.45, 7) is 8.54. The maximum absolute atomic E-state index is 11.9. The lowest BCUT2D eigenvalue weighted by Crippen LogP contribution is -2.55. The van der Waals surface area contributed by atoms with Crippen LogP contribution in [0.2, 0.25) is 0 Å². The summed E-state index contributed by atoms with van der Waals surface area (Å²) >= 11 is 0. The fourth-order valence-corrected chi connectivity index (χ4v) is 2.49. The van der Waals surface area contributed by atoms with Crippen LogP contribution in [0.1, 0.15) is 26.3 Å². The number of carboxylic acids is 1. The Kier molecular flexibility index (Phi) is 6.17. The second-order valence-electron chi connectivity index (χ2n) is 5.55. The van der Waals surface area contributed by atoms with Gasteiger partial charge in [-0.15, -0.1) is 0 Å². The number of nitrogens with zero attached hydrogens (tertiary/aromatic N) is 1. The maximum atomic E-state index is 11.9. The molecule has 4 heteroatoms. The second-order valence-corrected chi connectivity index (χ2v) is 5.55. The van der Waals surface area contributed by atoms with Crippen LogP contribution < -0.4 is 5.32 Å². The Labute approximate surface area is 121 Å². The number of benzene rings is 1. The molecule has 112 valence electrons. The van der Waals surface area contributed by atoms with E-state index in [1.165, 1.54) is 0 Å². The van der Waals surface area contributed by atoms with Crippen LogP contribution in [0.3, 0.4) is 0 Å². The minimum Gasteiger partial charge on any atom is -0.480 e. The van der Waals surface area contributed by atoms with Gasteiger partial charge in [0.05, 0.1) is 0 Å². The molecular weight excluding hydrogens is 252 g/mol. The summed E-state index contributed by atoms with van der Waals surface area (Å²) in [7, 11) is 1.71. The van der Waals surface area contributed by atoms with Gasteiger partial charge >= 0.3 is 5.97 Å². The molecule has 0 bridgehead atoms. The van der Waals surface area contributed by atoms with E-state index in [1.54, 1.807) is 7.05 Å². The van der Waals surface area contributed by atoms with Crippen molar-refractivity contribution in [2.24, 2.45) is 5.92 Å². The van der Waals surface area contributed by atoms with E-state index in [2.05, 4.69) is 31.0 Å². The van der Waals surface area contributed by atoms with Crippen molar-refractivity contribution in [3.63, 3.8) is 0 Å². The molecule has 0 aliphatic heterocycles. The maximum Gasteiger partial charge on any atom is 0.329 e. The van der Waals surface area contributed by atoms with Crippen LogP contribution in [0.15, 0.2) is 30.3 Å². The number of rotatable bonds is 8. The van der Waals surface area contributed by atoms with Gasteiger partial charge in [0.2, 0.25) is 0 Å². The Balaban J connectivity index is 3.09. The molecule has 2 N–H and O–H groups in total. The highest BCUT2D eigenvalue weighted by Gasteiger charge is 2.40. The Hall–Kier alpha value is -1.39. The molecule has 1 rings (SSSR count). The fraction of sp³-hybridized carbons (Fsp3) is 0.562. The van der Waals surface area contributed by atoms with E-state index in [4.69, 9.17) is 0 Å². The number of carbonyl (C=O) groups is 1. The predicted octanol–water partition coefficient (Wildman–Crippen LogP) is 2.16. The van der Waals surface area contributed by atoms with E-state index in [9.17, 15) is 9.90 Å². The summed E-state index contributed by atoms with van der Waals surface area (Å²) in [5.41, 5.74) is -0.274. The molecule has 0 amide bonds. The van der Waals surface area contributed by atoms with E-state index >= 15 is 0 Å². The van der Waals surface area contributed by atoms with Gasteiger partial charge in [-0.1, -0.05) is 51.1 Å². The van der Waals surface area contributed by atoms with Crippen molar-refractivity contribution in [1.82, 2.24) is 10.2 Å². The van der Waals surface area contributed by atoms with Gasteiger partial charge in [-0.3, -0.25) is 0 Å². The van der Waals surface area contributed by atoms with E-state index in [1.807, 2.05) is 30.3 Å². The van der Waals surface area contributed by atoms with Crippen molar-refractivity contribution in [3.05, 3.63) is 35.9 Å². The molecule has 0 saturated heterocycles. The number of likely N-dealkylation sites (N-methyl/N-ethyl adjacent to an activating group) is 2. The lowest BCUT2D eigenvalue weighted by molar-refractivity contribution is -0.146. The molecule has 0 aliphatic rings. The average molecular weight is 278 g/mol. The summed E-state index contributed by atoms with van der Waals surface area (Å²) in [6.07, 6.45) is 0. The Bertz CT molecular complexity index is 420. The van der Waals surface area contributed by atoms with Crippen molar-refractivity contribution in [2.45, 2.75) is 26.3 Å². The first-order valence-corrected chi connectivity index (χ1v) is 7.16. The predicted molar refractivity (Wildman–Crippen MR) is 81.8 cm³/mol. The SMILES string of the molecule is CCN(CC(C)C)CC(NC)(C(=O)O)c1ccccc1. The molecule has 0 saturated carbocycles. The van der Waals surface area contributed by atoms with Gasteiger partial charge in [0.1, 0.15) is 0 Å². The van der Waals surface area contributed by atoms with E-state index in [0.29, 0.717) is 12.5 Å². The summed E-state index contributed by atoms with van der Waals surface area (Å²) in [5, 5.41) is 12.8. The molecule has 1 atom stereocenters. The van der Waals surface area contributed by atoms with Crippen molar-refractivity contribution >= 4 is 5.97 Å². The van der Waals surface area contributed by atoms with Crippen molar-refractivity contribution in [2.75, 3.05) is 26.7 Å². The van der Waals surface area contributed by atoms with Gasteiger partial charge < -0.3 is 15.3 Å². The average Bonchev–Trinajstić information content (AvgIpc) is 2.43. The largest absolute Gasteiger partial charge is 0.480 e. The van der Waals surface area contributed by atoms with Crippen molar-refractivity contribution in [3.8, 4) is 0 Å². The highest BCUT2D eigenvalue weighted by molar-refractivity contribution is 5.81. The van der Waals surface area contributed by atoms with Crippen LogP contribution in [0.5, 0.6) is 0 Å². The first-order chi connectivity index (χ1) is 9.46. The molecule has 0 aliphatic carbocycles. The van der Waals surface area contributed by atoms with Crippen LogP contribution in [-0.2, 0) is 10.3 Å². The normalized spacial score (nSPS) is 14.5. The standard InChI is InChI=1S/C16H26N2O2/c1-5-18(11-13(2)3)12-16(17-4,15(19)20)14-9-7-6-8-10-14/h6-10,13,17H,5,11-12H2,1-4H3,(H,19,20). The van der Waals surface area contributed by atoms with Crippen LogP contribution in [0, 0.1) is 5.92 Å². The summed E-state index contributed by atoms with van der Waals surface area (Å²) in [6, 6.07) is 9.39. The third-order valence-corrected chi connectivity index (χ3v) is 3.59. The smallest absolute Gasteiger partial charge is 0.329 e. The molecule has 0 spiro atoms. The topological polar surface area (TPSA) is 52.6 Å². The van der Waals surface area contributed by atoms with Crippen LogP contribution >= 0.6 is 0 Å². The minimum atomic E-state index is -1.06. The molecule has 1 aromatic rings. The first-order valence-electron chi connectivity index (χ1n) is 7.16. The van der Waals surface area contributed by atoms with Gasteiger partial charge in [-0.05, 0) is 25.1 Å². The summed E-state index contributed by atoms with van der Waals surface area (Å²) < 4.78 is 0. The first kappa shape index (κ1) is 16.7. The molecule has 0 fully saturated rings. The molecule has 1 aromatic carbocycles. The van der Waals surface area contributed by atoms with Crippen molar-refractivity contribution in [1.29, 1.82) is 0 Å². The zero-order chi connectivity index (χ0) is 15.2. The number of carboxylic acid groups (broad SMARTS) is 1. The highest BCUT2D eigenvalue weighted by atomic mass is 16.4. The molecule has 4 nitrogen and oxygen atoms in total. The minimum absolute atomic E-state index is 0.456. The quantitative estimate of drug-likeness (QED) is 0.765. The molecule has 0 aromatic heterocycles. The van der Waals surface area contributed by atoms with Gasteiger partial charge in [0.25, 0.3) is 0 Å². The van der Waals surface area contributed by atoms with Gasteiger partial charge in [0, 0.05) is 13.1 Å². The third kappa shape index (κ3) is 3.81. The van der Waals surface area contributed by atoms with Gasteiger partial charge in [-0.2, -0.15) is 0 Å². The number of hydrogen-bond donors (Lipinski definition) is 2. The van der Waals surface area contributed by atoms with Gasteiger partial charge in [-0.25, -0.2) is 4.79 Å². The lowest BCUT2D eigenvalue weighted by Gasteiger charge is -2.35. The summed E-state index contributed by atoms with van der Waals surface area (Å²) in [4.78, 5) is 14.1. The number of nitrogens with one attached hydrogen (secondary N) is 1. The van der Waals surface area contributed by atoms with Gasteiger partial charge in [0.15, 0.2) is 5.54 Å². The lowest BCUT2D eigenvalue weighted by atomic mass is 9.89. The van der Waals surface area contributed by atoms with Crippen molar-refractivity contribution < 1.29 is 9.90 Å². The fourth-order valence-electron chi connectivity index (χ4n) is 2.49. The van der Waals surface area contributed by atoms with Crippen LogP contribution in [0.25, 0.3) is 0 Å². The van der Waals surface area contributed by atoms with E-state index in [0.717, 1.165) is 18.7 Å². The second kappa shape index (κ2) is 7.41. The zero-order valence-electron chi connectivity index (χ0n) is 12.9. The Morgan fingerprint density at radius 2 is 1.95 bits per heavy atom. The third-order valence-electron chi connectivity index (χ3n) is 3.59. The zero-order valence-corrected chi connectivity index (χ0v) is 12.9. The van der Waals surface area contributed by atoms with E-state index < -0.39 is 11.5 Å². The van der Waals surface area contributed by atoms with E-state index in [-0.39, 0.29) is 0 Å². The Morgan fingerprint density at radius 3 is 2.35 bits per heavy atom.